The van der Waals surface area contributed by atoms with Gasteiger partial charge in [-0.2, -0.15) is 35.5 Å². The molecule has 1 unspecified atom stereocenters. The lowest BCUT2D eigenvalue weighted by molar-refractivity contribution is -1.14. The van der Waals surface area contributed by atoms with Crippen LogP contribution in [0.1, 0.15) is 11.1 Å². The summed E-state index contributed by atoms with van der Waals surface area (Å²) in [6, 6.07) is 8.71. The summed E-state index contributed by atoms with van der Waals surface area (Å²) in [5.74, 6) is -0.405. The number of amides is 1. The van der Waals surface area contributed by atoms with Crippen molar-refractivity contribution in [2.45, 2.75) is 18.9 Å². The third-order valence-electron chi connectivity index (χ3n) is 5.88. The van der Waals surface area contributed by atoms with Crippen molar-refractivity contribution >= 4 is 27.9 Å². The zero-order valence-corrected chi connectivity index (χ0v) is 22.9. The highest BCUT2D eigenvalue weighted by Crippen LogP contribution is 2.34. The van der Waals surface area contributed by atoms with Gasteiger partial charge in [-0.05, 0) is 11.6 Å². The zero-order chi connectivity index (χ0) is 29.4. The first-order valence-electron chi connectivity index (χ1n) is 11.9. The Bertz CT molecular complexity index is 1230. The van der Waals surface area contributed by atoms with E-state index in [1.54, 1.807) is 30.3 Å². The van der Waals surface area contributed by atoms with E-state index in [2.05, 4.69) is 9.71 Å². The highest BCUT2D eigenvalue weighted by molar-refractivity contribution is 7.87. The predicted molar refractivity (Wildman–Crippen MR) is 134 cm³/mol. The molecule has 1 aromatic heterocycles. The Balaban J connectivity index is 1.92. The third-order valence-corrected chi connectivity index (χ3v) is 7.55. The molecule has 1 aliphatic rings. The second kappa shape index (κ2) is 13.8. The quantitative estimate of drug-likeness (QED) is 0.258. The van der Waals surface area contributed by atoms with Gasteiger partial charge in [-0.25, -0.2) is 9.78 Å². The van der Waals surface area contributed by atoms with E-state index in [9.17, 15) is 31.5 Å². The average molecular weight is 614 g/mol. The Morgan fingerprint density at radius 2 is 1.93 bits per heavy atom. The van der Waals surface area contributed by atoms with Gasteiger partial charge in [-0.15, -0.1) is 4.65 Å². The van der Waals surface area contributed by atoms with Gasteiger partial charge in [0.25, 0.3) is 6.23 Å². The molecule has 0 aliphatic carbocycles. The van der Waals surface area contributed by atoms with Crippen molar-refractivity contribution in [2.75, 3.05) is 53.2 Å². The fourth-order valence-electron chi connectivity index (χ4n) is 3.81. The maximum atomic E-state index is 13.1. The maximum Gasteiger partial charge on any atom is 0.422 e. The number of aromatic nitrogens is 1. The van der Waals surface area contributed by atoms with Gasteiger partial charge in [0.05, 0.1) is 31.9 Å². The summed E-state index contributed by atoms with van der Waals surface area (Å²) in [6.45, 7) is -0.141. The van der Waals surface area contributed by atoms with E-state index in [0.717, 1.165) is 0 Å². The van der Waals surface area contributed by atoms with Crippen LogP contribution < -0.4 is 9.46 Å². The number of carbonyl (C=O) groups is 1. The maximum absolute atomic E-state index is 13.1. The van der Waals surface area contributed by atoms with E-state index >= 15 is 0 Å². The largest absolute Gasteiger partial charge is 0.464 e. The second-order valence-corrected chi connectivity index (χ2v) is 10.6. The number of rotatable bonds is 13. The molecule has 0 radical (unpaired) electrons. The number of benzene rings is 1. The van der Waals surface area contributed by atoms with E-state index in [1.807, 2.05) is 0 Å². The van der Waals surface area contributed by atoms with E-state index < -0.39 is 58.3 Å². The second-order valence-electron chi connectivity index (χ2n) is 8.55. The molecular weight excluding hydrogens is 585 g/mol. The predicted octanol–water partition coefficient (Wildman–Crippen LogP) is 2.90. The number of ether oxygens (including phenoxy) is 3. The lowest BCUT2D eigenvalue weighted by atomic mass is 10.2. The molecule has 0 bridgehead atoms. The molecule has 1 saturated heterocycles. The molecule has 40 heavy (non-hydrogen) atoms. The van der Waals surface area contributed by atoms with Crippen molar-refractivity contribution < 1.29 is 55.2 Å². The first-order chi connectivity index (χ1) is 18.9. The summed E-state index contributed by atoms with van der Waals surface area (Å²) in [7, 11) is -3.20. The lowest BCUT2D eigenvalue weighted by Gasteiger charge is -2.42. The molecule has 1 atom stereocenters. The normalized spacial score (nSPS) is 16.3. The number of pyridine rings is 1. The van der Waals surface area contributed by atoms with Crippen LogP contribution in [0.3, 0.4) is 0 Å². The third kappa shape index (κ3) is 8.39. The molecule has 2 N–H and O–H groups in total. The number of carboxylic acid groups (broad SMARTS) is 1. The van der Waals surface area contributed by atoms with Crippen LogP contribution in [0, 0.1) is 0 Å². The van der Waals surface area contributed by atoms with Crippen LogP contribution in [0.25, 0.3) is 0 Å². The minimum atomic E-state index is -4.70. The Morgan fingerprint density at radius 1 is 1.25 bits per heavy atom. The van der Waals surface area contributed by atoms with Crippen molar-refractivity contribution in [1.29, 1.82) is 0 Å². The Morgan fingerprint density at radius 3 is 2.50 bits per heavy atom. The number of morpholine rings is 1. The molecule has 1 aromatic carbocycles. The number of hydrogen-bond donors (Lipinski definition) is 2. The van der Waals surface area contributed by atoms with E-state index in [1.165, 1.54) is 7.11 Å². The standard InChI is InChI=1S/C23H28ClF3N4O8S/c1-36-11-12-38-31(7-9-37-10-8-31)20(39-21-19(24)13-18(14-28-21)23(25,26)27)15-29-40(34,35)30(22(32)33)16-17-5-3-2-4-6-17/h2-6,13-14,20,29H,7-12,15-16H2,1H3/p+1. The molecule has 17 heteroatoms. The van der Waals surface area contributed by atoms with Crippen molar-refractivity contribution in [2.24, 2.45) is 0 Å². The van der Waals surface area contributed by atoms with Crippen molar-refractivity contribution in [3.05, 3.63) is 58.7 Å². The molecule has 0 spiro atoms. The topological polar surface area (TPSA) is 137 Å². The van der Waals surface area contributed by atoms with Crippen molar-refractivity contribution in [1.82, 2.24) is 14.0 Å². The van der Waals surface area contributed by atoms with Crippen LogP contribution in [0.5, 0.6) is 5.88 Å². The number of halogens is 4. The number of methoxy groups -OCH3 is 1. The minimum Gasteiger partial charge on any atom is -0.464 e. The molecule has 2 heterocycles. The first kappa shape index (κ1) is 31.8. The zero-order valence-electron chi connectivity index (χ0n) is 21.3. The SMILES string of the molecule is COCCO[N+]1(C(CNS(=O)(=O)N(Cc2ccccc2)C(=O)O)Oc2ncc(C(F)(F)F)cc2Cl)CCOCC1. The van der Waals surface area contributed by atoms with Crippen LogP contribution in [0.2, 0.25) is 5.02 Å². The highest BCUT2D eigenvalue weighted by Gasteiger charge is 2.45. The monoisotopic (exact) mass is 613 g/mol. The molecule has 1 aliphatic heterocycles. The Labute approximate surface area is 233 Å². The van der Waals surface area contributed by atoms with Gasteiger partial charge in [0, 0.05) is 13.3 Å². The first-order valence-corrected chi connectivity index (χ1v) is 13.7. The number of nitrogens with one attached hydrogen (secondary N) is 1. The van der Waals surface area contributed by atoms with Crippen LogP contribution >= 0.6 is 11.6 Å². The van der Waals surface area contributed by atoms with Crippen molar-refractivity contribution in [3.63, 3.8) is 0 Å². The molecule has 12 nitrogen and oxygen atoms in total. The van der Waals surface area contributed by atoms with Gasteiger partial charge in [-0.3, -0.25) is 0 Å². The number of nitrogens with zero attached hydrogens (tertiary/aromatic N) is 3. The minimum absolute atomic E-state index is 0.0482. The van der Waals surface area contributed by atoms with Crippen LogP contribution in [0.15, 0.2) is 42.6 Å². The summed E-state index contributed by atoms with van der Waals surface area (Å²) in [6.07, 6.45) is -7.17. The lowest BCUT2D eigenvalue weighted by Crippen LogP contribution is -2.66. The van der Waals surface area contributed by atoms with Gasteiger partial charge >= 0.3 is 22.5 Å². The molecule has 3 rings (SSSR count). The van der Waals surface area contributed by atoms with Gasteiger partial charge in [0.1, 0.15) is 31.3 Å². The number of hydrogen-bond acceptors (Lipinski definition) is 8. The van der Waals surface area contributed by atoms with Gasteiger partial charge in [0.2, 0.25) is 5.88 Å². The van der Waals surface area contributed by atoms with E-state index in [-0.39, 0.29) is 48.5 Å². The average Bonchev–Trinajstić information content (AvgIpc) is 2.91. The molecule has 1 fully saturated rings. The van der Waals surface area contributed by atoms with Crippen LogP contribution in [-0.2, 0) is 37.2 Å². The van der Waals surface area contributed by atoms with E-state index in [0.29, 0.717) is 17.8 Å². The molecule has 2 aromatic rings. The van der Waals surface area contributed by atoms with Crippen LogP contribution in [-0.4, -0.2) is 93.0 Å². The fraction of sp³-hybridized carbons (Fsp3) is 0.478. The molecule has 222 valence electrons. The molecular formula is C23H29ClF3N4O8S+. The van der Waals surface area contributed by atoms with Gasteiger partial charge in [-0.1, -0.05) is 41.9 Å². The van der Waals surface area contributed by atoms with E-state index in [4.69, 9.17) is 30.6 Å². The Kier molecular flexibility index (Phi) is 10.9. The number of hydroxylamine groups is 3. The van der Waals surface area contributed by atoms with Gasteiger partial charge < -0.3 is 19.3 Å². The van der Waals surface area contributed by atoms with Crippen LogP contribution in [0.4, 0.5) is 18.0 Å². The summed E-state index contributed by atoms with van der Waals surface area (Å²) < 4.78 is 84.0. The summed E-state index contributed by atoms with van der Waals surface area (Å²) in [5, 5.41) is 9.17. The Hall–Kier alpha value is -2.73. The number of alkyl halides is 3. The summed E-state index contributed by atoms with van der Waals surface area (Å²) >= 11 is 6.06. The summed E-state index contributed by atoms with van der Waals surface area (Å²) in [5.41, 5.74) is -0.685. The molecule has 1 amide bonds. The smallest absolute Gasteiger partial charge is 0.422 e. The summed E-state index contributed by atoms with van der Waals surface area (Å²) in [4.78, 5) is 21.6. The highest BCUT2D eigenvalue weighted by atomic mass is 35.5. The number of quaternary nitrogens is 1. The van der Waals surface area contributed by atoms with Gasteiger partial charge in [0.15, 0.2) is 0 Å². The van der Waals surface area contributed by atoms with Crippen molar-refractivity contribution in [3.8, 4) is 5.88 Å². The fourth-order valence-corrected chi connectivity index (χ4v) is 5.06. The molecule has 0 saturated carbocycles.